The van der Waals surface area contributed by atoms with Crippen molar-refractivity contribution in [3.05, 3.63) is 18.2 Å². The highest BCUT2D eigenvalue weighted by molar-refractivity contribution is 5.85. The zero-order chi connectivity index (χ0) is 14.5. The highest BCUT2D eigenvalue weighted by atomic mass is 35.5. The molecule has 1 saturated carbocycles. The van der Waals surface area contributed by atoms with E-state index in [2.05, 4.69) is 10.3 Å². The van der Waals surface area contributed by atoms with Crippen LogP contribution in [0.15, 0.2) is 12.5 Å². The quantitative estimate of drug-likeness (QED) is 0.671. The number of rotatable bonds is 6. The minimum absolute atomic E-state index is 0. The zero-order valence-corrected chi connectivity index (χ0v) is 14.1. The van der Waals surface area contributed by atoms with E-state index in [9.17, 15) is 9.90 Å². The average molecular weight is 355 g/mol. The highest BCUT2D eigenvalue weighted by Crippen LogP contribution is 2.24. The van der Waals surface area contributed by atoms with Gasteiger partial charge >= 0.3 is 0 Å². The van der Waals surface area contributed by atoms with Crippen molar-refractivity contribution in [1.29, 1.82) is 0 Å². The minimum Gasteiger partial charge on any atom is -0.391 e. The minimum atomic E-state index is -0.571. The second-order valence-corrected chi connectivity index (χ2v) is 5.19. The second-order valence-electron chi connectivity index (χ2n) is 5.19. The molecule has 0 aromatic carbocycles. The van der Waals surface area contributed by atoms with Crippen molar-refractivity contribution in [2.24, 2.45) is 11.7 Å². The van der Waals surface area contributed by atoms with Gasteiger partial charge in [0.2, 0.25) is 5.91 Å². The predicted octanol–water partition coefficient (Wildman–Crippen LogP) is 0.0875. The maximum absolute atomic E-state index is 12.0. The largest absolute Gasteiger partial charge is 0.391 e. The number of aliphatic hydroxyl groups is 1. The molecule has 1 aliphatic carbocycles. The van der Waals surface area contributed by atoms with Gasteiger partial charge in [0, 0.05) is 31.8 Å². The summed E-state index contributed by atoms with van der Waals surface area (Å²) in [5.41, 5.74) is 6.65. The number of methoxy groups -OCH3 is 1. The van der Waals surface area contributed by atoms with Crippen LogP contribution in [-0.4, -0.2) is 46.4 Å². The average Bonchev–Trinajstić information content (AvgIpc) is 3.01. The summed E-state index contributed by atoms with van der Waals surface area (Å²) < 4.78 is 6.97. The van der Waals surface area contributed by atoms with Crippen molar-refractivity contribution < 1.29 is 14.6 Å². The third kappa shape index (κ3) is 5.40. The molecule has 1 heterocycles. The molecule has 0 bridgehead atoms. The Labute approximate surface area is 142 Å². The number of aromatic nitrogens is 2. The van der Waals surface area contributed by atoms with E-state index in [1.54, 1.807) is 19.6 Å². The standard InChI is InChI=1S/C13H22N4O3.2ClH/c1-20-3-2-17-8-15-6-10(17)7-16-13(19)9-4-11(14)12(18)5-9;;/h6,8-9,11-12,18H,2-5,7,14H2,1H3,(H,16,19);2*1H/t9-,11-,12-;;/m0../s1. The monoisotopic (exact) mass is 354 g/mol. The molecule has 0 unspecified atom stereocenters. The molecule has 0 saturated heterocycles. The van der Waals surface area contributed by atoms with Crippen LogP contribution in [-0.2, 0) is 22.6 Å². The van der Waals surface area contributed by atoms with Gasteiger partial charge in [0.15, 0.2) is 0 Å². The number of imidazole rings is 1. The van der Waals surface area contributed by atoms with Crippen molar-refractivity contribution in [2.75, 3.05) is 13.7 Å². The topological polar surface area (TPSA) is 102 Å². The Bertz CT molecular complexity index is 448. The lowest BCUT2D eigenvalue weighted by Crippen LogP contribution is -2.31. The van der Waals surface area contributed by atoms with Crippen LogP contribution in [0.3, 0.4) is 0 Å². The summed E-state index contributed by atoms with van der Waals surface area (Å²) >= 11 is 0. The van der Waals surface area contributed by atoms with E-state index in [0.29, 0.717) is 32.5 Å². The SMILES string of the molecule is COCCn1cncc1CNC(=O)[C@H]1C[C@H](N)[C@@H](O)C1.Cl.Cl. The van der Waals surface area contributed by atoms with Gasteiger partial charge in [-0.1, -0.05) is 0 Å². The molecule has 0 aliphatic heterocycles. The third-order valence-electron chi connectivity index (χ3n) is 3.73. The molecule has 128 valence electrons. The molecular formula is C13H24Cl2N4O3. The summed E-state index contributed by atoms with van der Waals surface area (Å²) in [6, 6.07) is -0.294. The molecule has 1 aromatic heterocycles. The Balaban J connectivity index is 0.00000220. The van der Waals surface area contributed by atoms with Crippen LogP contribution in [0.1, 0.15) is 18.5 Å². The molecule has 1 amide bonds. The number of ether oxygens (including phenoxy) is 1. The van der Waals surface area contributed by atoms with Gasteiger partial charge in [-0.25, -0.2) is 4.98 Å². The fraction of sp³-hybridized carbons (Fsp3) is 0.692. The Hall–Kier alpha value is -0.860. The first-order chi connectivity index (χ1) is 9.61. The van der Waals surface area contributed by atoms with Gasteiger partial charge in [-0.15, -0.1) is 24.8 Å². The number of nitrogens with zero attached hydrogens (tertiary/aromatic N) is 2. The van der Waals surface area contributed by atoms with Crippen molar-refractivity contribution in [2.45, 2.75) is 38.1 Å². The van der Waals surface area contributed by atoms with Crippen LogP contribution in [0.4, 0.5) is 0 Å². The molecule has 7 nitrogen and oxygen atoms in total. The Morgan fingerprint density at radius 3 is 2.86 bits per heavy atom. The molecule has 2 rings (SSSR count). The van der Waals surface area contributed by atoms with Gasteiger partial charge in [-0.2, -0.15) is 0 Å². The first-order valence-corrected chi connectivity index (χ1v) is 6.81. The van der Waals surface area contributed by atoms with E-state index in [0.717, 1.165) is 5.69 Å². The van der Waals surface area contributed by atoms with Crippen molar-refractivity contribution in [3.8, 4) is 0 Å². The highest BCUT2D eigenvalue weighted by Gasteiger charge is 2.34. The Morgan fingerprint density at radius 1 is 1.55 bits per heavy atom. The first kappa shape index (κ1) is 21.1. The lowest BCUT2D eigenvalue weighted by atomic mass is 10.1. The lowest BCUT2D eigenvalue weighted by Gasteiger charge is -2.12. The van der Waals surface area contributed by atoms with Crippen molar-refractivity contribution in [3.63, 3.8) is 0 Å². The number of nitrogens with two attached hydrogens (primary N) is 1. The van der Waals surface area contributed by atoms with Gasteiger partial charge in [0.05, 0.1) is 31.3 Å². The molecule has 3 atom stereocenters. The third-order valence-corrected chi connectivity index (χ3v) is 3.73. The Kier molecular flexibility index (Phi) is 9.63. The fourth-order valence-electron chi connectivity index (χ4n) is 2.47. The molecule has 1 aliphatic rings. The molecule has 1 aromatic rings. The summed E-state index contributed by atoms with van der Waals surface area (Å²) in [4.78, 5) is 16.1. The van der Waals surface area contributed by atoms with Gasteiger partial charge in [-0.05, 0) is 12.8 Å². The van der Waals surface area contributed by atoms with Crippen LogP contribution in [0, 0.1) is 5.92 Å². The van der Waals surface area contributed by atoms with Crippen LogP contribution in [0.5, 0.6) is 0 Å². The van der Waals surface area contributed by atoms with Gasteiger partial charge in [0.25, 0.3) is 0 Å². The van der Waals surface area contributed by atoms with E-state index in [-0.39, 0.29) is 42.7 Å². The van der Waals surface area contributed by atoms with Gasteiger partial charge in [0.1, 0.15) is 0 Å². The van der Waals surface area contributed by atoms with Crippen LogP contribution < -0.4 is 11.1 Å². The van der Waals surface area contributed by atoms with Crippen LogP contribution in [0.2, 0.25) is 0 Å². The number of carbonyl (C=O) groups is 1. The molecule has 1 fully saturated rings. The number of halogens is 2. The molecular weight excluding hydrogens is 331 g/mol. The van der Waals surface area contributed by atoms with E-state index in [4.69, 9.17) is 10.5 Å². The summed E-state index contributed by atoms with van der Waals surface area (Å²) in [6.45, 7) is 1.72. The number of amides is 1. The van der Waals surface area contributed by atoms with E-state index in [1.165, 1.54) is 0 Å². The van der Waals surface area contributed by atoms with Crippen LogP contribution in [0.25, 0.3) is 0 Å². The van der Waals surface area contributed by atoms with Crippen molar-refractivity contribution in [1.82, 2.24) is 14.9 Å². The summed E-state index contributed by atoms with van der Waals surface area (Å²) in [5.74, 6) is -0.258. The predicted molar refractivity (Wildman–Crippen MR) is 87.2 cm³/mol. The summed E-state index contributed by atoms with van der Waals surface area (Å²) in [6.07, 6.45) is 3.85. The fourth-order valence-corrected chi connectivity index (χ4v) is 2.47. The maximum atomic E-state index is 12.0. The molecule has 9 heteroatoms. The normalized spacial score (nSPS) is 23.5. The number of hydrogen-bond acceptors (Lipinski definition) is 5. The van der Waals surface area contributed by atoms with E-state index in [1.807, 2.05) is 4.57 Å². The molecule has 0 radical (unpaired) electrons. The lowest BCUT2D eigenvalue weighted by molar-refractivity contribution is -0.125. The second kappa shape index (κ2) is 10.0. The van der Waals surface area contributed by atoms with Crippen molar-refractivity contribution >= 4 is 30.7 Å². The number of aliphatic hydroxyl groups excluding tert-OH is 1. The zero-order valence-electron chi connectivity index (χ0n) is 12.5. The van der Waals surface area contributed by atoms with E-state index >= 15 is 0 Å². The number of hydrogen-bond donors (Lipinski definition) is 3. The molecule has 22 heavy (non-hydrogen) atoms. The van der Waals surface area contributed by atoms with E-state index < -0.39 is 6.10 Å². The van der Waals surface area contributed by atoms with Gasteiger partial charge in [-0.3, -0.25) is 4.79 Å². The summed E-state index contributed by atoms with van der Waals surface area (Å²) in [5, 5.41) is 12.5. The number of nitrogens with one attached hydrogen (secondary N) is 1. The maximum Gasteiger partial charge on any atom is 0.223 e. The molecule has 0 spiro atoms. The Morgan fingerprint density at radius 2 is 2.27 bits per heavy atom. The smallest absolute Gasteiger partial charge is 0.223 e. The number of carbonyl (C=O) groups excluding carboxylic acids is 1. The first-order valence-electron chi connectivity index (χ1n) is 6.81. The molecule has 4 N–H and O–H groups in total. The van der Waals surface area contributed by atoms with Gasteiger partial charge < -0.3 is 25.5 Å². The van der Waals surface area contributed by atoms with Crippen LogP contribution >= 0.6 is 24.8 Å². The summed E-state index contributed by atoms with van der Waals surface area (Å²) in [7, 11) is 1.65.